The van der Waals surface area contributed by atoms with E-state index in [1.54, 1.807) is 53.8 Å². The number of unbranched alkanes of at least 4 members (excludes halogenated alkanes) is 1. The van der Waals surface area contributed by atoms with E-state index in [0.29, 0.717) is 25.2 Å². The maximum absolute atomic E-state index is 12.7. The van der Waals surface area contributed by atoms with Crippen molar-refractivity contribution in [3.05, 3.63) is 23.9 Å². The Morgan fingerprint density at radius 1 is 1.03 bits per heavy atom. The number of anilines is 1. The van der Waals surface area contributed by atoms with Gasteiger partial charge in [-0.25, -0.2) is 19.4 Å². The SMILES string of the molecule is Cc1ccnc(N(CCCC(=O)N[C@@H](CCCCNC(=O)OC(C)(C)C)C(=O)O)C(=O)OC(C)(C)C)c1. The highest BCUT2D eigenvalue weighted by Crippen LogP contribution is 2.18. The standard InChI is InChI=1S/C26H42N4O7/c1-18-13-15-27-20(17-18)30(24(35)37-26(5,6)7)16-10-12-21(31)29-19(22(32)33)11-8-9-14-28-23(34)36-25(2,3)4/h13,15,17,19H,8-12,14,16H2,1-7H3,(H,28,34)(H,29,31)(H,32,33)/t19-/m0/s1. The quantitative estimate of drug-likeness (QED) is 0.347. The van der Waals surface area contributed by atoms with Gasteiger partial charge >= 0.3 is 18.2 Å². The number of nitrogens with zero attached hydrogens (tertiary/aromatic N) is 2. The summed E-state index contributed by atoms with van der Waals surface area (Å²) in [5.41, 5.74) is -0.376. The molecule has 11 heteroatoms. The topological polar surface area (TPSA) is 147 Å². The van der Waals surface area contributed by atoms with Crippen LogP contribution in [0.5, 0.6) is 0 Å². The van der Waals surface area contributed by atoms with E-state index < -0.39 is 41.3 Å². The van der Waals surface area contributed by atoms with Gasteiger partial charge in [-0.05, 0) is 91.8 Å². The zero-order chi connectivity index (χ0) is 28.2. The molecule has 0 aliphatic carbocycles. The van der Waals surface area contributed by atoms with E-state index in [0.717, 1.165) is 5.56 Å². The molecule has 0 saturated heterocycles. The van der Waals surface area contributed by atoms with Gasteiger partial charge in [0.2, 0.25) is 5.91 Å². The summed E-state index contributed by atoms with van der Waals surface area (Å²) >= 11 is 0. The third-order valence-electron chi connectivity index (χ3n) is 4.80. The van der Waals surface area contributed by atoms with Crippen LogP contribution in [0.3, 0.4) is 0 Å². The van der Waals surface area contributed by atoms with E-state index in [4.69, 9.17) is 9.47 Å². The van der Waals surface area contributed by atoms with E-state index in [2.05, 4.69) is 15.6 Å². The van der Waals surface area contributed by atoms with Crippen LogP contribution in [0.1, 0.15) is 79.2 Å². The number of alkyl carbamates (subject to hydrolysis) is 1. The van der Waals surface area contributed by atoms with Crippen LogP contribution in [0.25, 0.3) is 0 Å². The van der Waals surface area contributed by atoms with Crippen LogP contribution in [-0.4, -0.2) is 64.5 Å². The predicted octanol–water partition coefficient (Wildman–Crippen LogP) is 4.18. The number of rotatable bonds is 12. The van der Waals surface area contributed by atoms with Gasteiger partial charge < -0.3 is 25.2 Å². The summed E-state index contributed by atoms with van der Waals surface area (Å²) in [6.45, 7) is 13.0. The molecule has 208 valence electrons. The summed E-state index contributed by atoms with van der Waals surface area (Å²) in [5.74, 6) is -1.15. The number of nitrogens with one attached hydrogen (secondary N) is 2. The lowest BCUT2D eigenvalue weighted by molar-refractivity contribution is -0.142. The summed E-state index contributed by atoms with van der Waals surface area (Å²) in [6, 6.07) is 2.51. The molecule has 37 heavy (non-hydrogen) atoms. The molecule has 0 saturated carbocycles. The number of pyridine rings is 1. The number of amides is 3. The molecule has 1 aromatic heterocycles. The molecule has 1 atom stereocenters. The first kappa shape index (κ1) is 31.7. The minimum absolute atomic E-state index is 0.0229. The molecule has 1 rings (SSSR count). The highest BCUT2D eigenvalue weighted by molar-refractivity contribution is 5.87. The van der Waals surface area contributed by atoms with Gasteiger partial charge in [-0.1, -0.05) is 0 Å². The Kier molecular flexibility index (Phi) is 12.3. The van der Waals surface area contributed by atoms with Crippen molar-refractivity contribution in [2.24, 2.45) is 0 Å². The van der Waals surface area contributed by atoms with Gasteiger partial charge in [-0.15, -0.1) is 0 Å². The van der Waals surface area contributed by atoms with Crippen LogP contribution in [-0.2, 0) is 19.1 Å². The molecule has 0 bridgehead atoms. The lowest BCUT2D eigenvalue weighted by atomic mass is 10.1. The number of carbonyl (C=O) groups excluding carboxylic acids is 3. The first-order valence-corrected chi connectivity index (χ1v) is 12.5. The monoisotopic (exact) mass is 522 g/mol. The van der Waals surface area contributed by atoms with E-state index in [-0.39, 0.29) is 25.8 Å². The van der Waals surface area contributed by atoms with E-state index in [9.17, 15) is 24.3 Å². The van der Waals surface area contributed by atoms with Gasteiger partial charge in [0.05, 0.1) is 0 Å². The van der Waals surface area contributed by atoms with Crippen molar-refractivity contribution in [1.82, 2.24) is 15.6 Å². The lowest BCUT2D eigenvalue weighted by Crippen LogP contribution is -2.41. The van der Waals surface area contributed by atoms with Crippen LogP contribution < -0.4 is 15.5 Å². The molecule has 0 fully saturated rings. The van der Waals surface area contributed by atoms with Crippen LogP contribution in [0.4, 0.5) is 15.4 Å². The molecule has 11 nitrogen and oxygen atoms in total. The minimum Gasteiger partial charge on any atom is -0.480 e. The van der Waals surface area contributed by atoms with Crippen molar-refractivity contribution in [2.75, 3.05) is 18.0 Å². The summed E-state index contributed by atoms with van der Waals surface area (Å²) in [5, 5.41) is 14.6. The Hall–Kier alpha value is -3.37. The Morgan fingerprint density at radius 2 is 1.68 bits per heavy atom. The average Bonchev–Trinajstić information content (AvgIpc) is 2.73. The van der Waals surface area contributed by atoms with Crippen molar-refractivity contribution >= 4 is 29.9 Å². The molecule has 0 aliphatic rings. The number of carbonyl (C=O) groups is 4. The maximum atomic E-state index is 12.7. The fourth-order valence-corrected chi connectivity index (χ4v) is 3.18. The van der Waals surface area contributed by atoms with Crippen LogP contribution >= 0.6 is 0 Å². The smallest absolute Gasteiger partial charge is 0.416 e. The second-order valence-corrected chi connectivity index (χ2v) is 10.8. The van der Waals surface area contributed by atoms with E-state index >= 15 is 0 Å². The van der Waals surface area contributed by atoms with Gasteiger partial charge in [-0.3, -0.25) is 9.69 Å². The van der Waals surface area contributed by atoms with Crippen LogP contribution in [0.15, 0.2) is 18.3 Å². The molecule has 0 radical (unpaired) electrons. The maximum Gasteiger partial charge on any atom is 0.416 e. The number of carboxylic acids is 1. The van der Waals surface area contributed by atoms with Crippen molar-refractivity contribution in [2.45, 2.75) is 97.8 Å². The number of hydrogen-bond acceptors (Lipinski definition) is 7. The molecule has 0 spiro atoms. The normalized spacial score (nSPS) is 12.3. The summed E-state index contributed by atoms with van der Waals surface area (Å²) in [4.78, 5) is 54.1. The largest absolute Gasteiger partial charge is 0.480 e. The Bertz CT molecular complexity index is 922. The number of hydrogen-bond donors (Lipinski definition) is 3. The minimum atomic E-state index is -1.13. The van der Waals surface area contributed by atoms with Crippen LogP contribution in [0.2, 0.25) is 0 Å². The number of aryl methyl sites for hydroxylation is 1. The predicted molar refractivity (Wildman–Crippen MR) is 139 cm³/mol. The van der Waals surface area contributed by atoms with Crippen molar-refractivity contribution < 1.29 is 33.8 Å². The first-order valence-electron chi connectivity index (χ1n) is 12.5. The van der Waals surface area contributed by atoms with Gasteiger partial charge in [0, 0.05) is 25.7 Å². The highest BCUT2D eigenvalue weighted by Gasteiger charge is 2.25. The van der Waals surface area contributed by atoms with Gasteiger partial charge in [-0.2, -0.15) is 0 Å². The van der Waals surface area contributed by atoms with E-state index in [1.165, 1.54) is 4.90 Å². The van der Waals surface area contributed by atoms with Gasteiger partial charge in [0.1, 0.15) is 23.1 Å². The van der Waals surface area contributed by atoms with Crippen molar-refractivity contribution in [1.29, 1.82) is 0 Å². The number of aliphatic carboxylic acids is 1. The summed E-state index contributed by atoms with van der Waals surface area (Å²) in [7, 11) is 0. The molecule has 0 aliphatic heterocycles. The molecule has 3 amide bonds. The lowest BCUT2D eigenvalue weighted by Gasteiger charge is -2.27. The number of ether oxygens (including phenoxy) is 2. The zero-order valence-electron chi connectivity index (χ0n) is 23.1. The Balaban J connectivity index is 2.56. The second kappa shape index (κ2) is 14.4. The van der Waals surface area contributed by atoms with E-state index in [1.807, 2.05) is 13.0 Å². The summed E-state index contributed by atoms with van der Waals surface area (Å²) < 4.78 is 10.6. The fourth-order valence-electron chi connectivity index (χ4n) is 3.18. The average molecular weight is 523 g/mol. The Labute approximate surface area is 219 Å². The summed E-state index contributed by atoms with van der Waals surface area (Å²) in [6.07, 6.45) is 2.03. The first-order chi connectivity index (χ1) is 17.1. The molecular weight excluding hydrogens is 480 g/mol. The van der Waals surface area contributed by atoms with Gasteiger partial charge in [0.15, 0.2) is 0 Å². The molecule has 0 aromatic carbocycles. The highest BCUT2D eigenvalue weighted by atomic mass is 16.6. The second-order valence-electron chi connectivity index (χ2n) is 10.8. The molecule has 1 heterocycles. The van der Waals surface area contributed by atoms with Crippen molar-refractivity contribution in [3.63, 3.8) is 0 Å². The zero-order valence-corrected chi connectivity index (χ0v) is 23.1. The third kappa shape index (κ3) is 14.1. The Morgan fingerprint density at radius 3 is 2.24 bits per heavy atom. The molecular formula is C26H42N4O7. The molecule has 3 N–H and O–H groups in total. The number of aromatic nitrogens is 1. The third-order valence-corrected chi connectivity index (χ3v) is 4.80. The van der Waals surface area contributed by atoms with Crippen molar-refractivity contribution in [3.8, 4) is 0 Å². The van der Waals surface area contributed by atoms with Crippen LogP contribution in [0, 0.1) is 6.92 Å². The fraction of sp³-hybridized carbons (Fsp3) is 0.654. The number of carboxylic acid groups (broad SMARTS) is 1. The molecule has 1 aromatic rings. The molecule has 0 unspecified atom stereocenters. The van der Waals surface area contributed by atoms with Gasteiger partial charge in [0.25, 0.3) is 0 Å².